The SMILES string of the molecule is C#Cc1cccc(Nc2ncnc3cc(OCCOC)c(OCCNC)cc23)c1. The van der Waals surface area contributed by atoms with Gasteiger partial charge in [-0.3, -0.25) is 0 Å². The molecule has 150 valence electrons. The van der Waals surface area contributed by atoms with Crippen LogP contribution in [0.5, 0.6) is 11.5 Å². The second kappa shape index (κ2) is 10.3. The Morgan fingerprint density at radius 3 is 2.66 bits per heavy atom. The van der Waals surface area contributed by atoms with E-state index in [0.717, 1.165) is 22.2 Å². The van der Waals surface area contributed by atoms with Gasteiger partial charge in [0.1, 0.15) is 25.4 Å². The molecule has 0 saturated carbocycles. The molecule has 0 aliphatic carbocycles. The fraction of sp³-hybridized carbons (Fsp3) is 0.273. The highest BCUT2D eigenvalue weighted by Gasteiger charge is 2.13. The Kier molecular flexibility index (Phi) is 7.22. The van der Waals surface area contributed by atoms with Crippen LogP contribution in [0.1, 0.15) is 5.56 Å². The first kappa shape index (κ1) is 20.4. The highest BCUT2D eigenvalue weighted by atomic mass is 16.5. The van der Waals surface area contributed by atoms with Crippen molar-refractivity contribution in [2.24, 2.45) is 0 Å². The molecule has 2 aromatic carbocycles. The Hall–Kier alpha value is -3.34. The molecular weight excluding hydrogens is 368 g/mol. The Balaban J connectivity index is 1.96. The summed E-state index contributed by atoms with van der Waals surface area (Å²) in [7, 11) is 3.51. The summed E-state index contributed by atoms with van der Waals surface area (Å²) >= 11 is 0. The normalized spacial score (nSPS) is 10.5. The quantitative estimate of drug-likeness (QED) is 0.406. The molecule has 1 heterocycles. The zero-order chi connectivity index (χ0) is 20.5. The van der Waals surface area contributed by atoms with Gasteiger partial charge in [-0.2, -0.15) is 0 Å². The van der Waals surface area contributed by atoms with Crippen molar-refractivity contribution in [1.29, 1.82) is 0 Å². The van der Waals surface area contributed by atoms with E-state index in [4.69, 9.17) is 20.6 Å². The van der Waals surface area contributed by atoms with Crippen LogP contribution in [0.2, 0.25) is 0 Å². The van der Waals surface area contributed by atoms with E-state index in [-0.39, 0.29) is 0 Å². The molecule has 0 fully saturated rings. The van der Waals surface area contributed by atoms with Gasteiger partial charge in [-0.1, -0.05) is 12.0 Å². The average molecular weight is 392 g/mol. The third kappa shape index (κ3) is 5.35. The number of nitrogens with zero attached hydrogens (tertiary/aromatic N) is 2. The van der Waals surface area contributed by atoms with Crippen molar-refractivity contribution in [1.82, 2.24) is 15.3 Å². The maximum Gasteiger partial charge on any atom is 0.163 e. The molecule has 3 aromatic rings. The first-order valence-corrected chi connectivity index (χ1v) is 9.26. The molecule has 0 amide bonds. The van der Waals surface area contributed by atoms with E-state index < -0.39 is 0 Å². The predicted octanol–water partition coefficient (Wildman–Crippen LogP) is 2.98. The predicted molar refractivity (Wildman–Crippen MR) is 114 cm³/mol. The van der Waals surface area contributed by atoms with Gasteiger partial charge < -0.3 is 24.8 Å². The van der Waals surface area contributed by atoms with Gasteiger partial charge in [0.15, 0.2) is 11.5 Å². The number of nitrogens with one attached hydrogen (secondary N) is 2. The molecule has 0 saturated heterocycles. The number of fused-ring (bicyclic) bond motifs is 1. The molecule has 0 aliphatic heterocycles. The van der Waals surface area contributed by atoms with E-state index in [1.54, 1.807) is 7.11 Å². The minimum Gasteiger partial charge on any atom is -0.488 e. The molecule has 7 heteroatoms. The van der Waals surface area contributed by atoms with Crippen LogP contribution in [-0.2, 0) is 4.74 Å². The number of benzene rings is 2. The lowest BCUT2D eigenvalue weighted by atomic mass is 10.2. The number of terminal acetylenes is 1. The van der Waals surface area contributed by atoms with E-state index in [1.807, 2.05) is 43.4 Å². The number of aromatic nitrogens is 2. The standard InChI is InChI=1S/C22H24N4O3/c1-4-16-6-5-7-17(12-16)26-22-18-13-20(28-9-8-23-2)21(29-11-10-27-3)14-19(18)24-15-25-22/h1,5-7,12-15,23H,8-11H2,2-3H3,(H,24,25,26). The van der Waals surface area contributed by atoms with E-state index >= 15 is 0 Å². The summed E-state index contributed by atoms with van der Waals surface area (Å²) < 4.78 is 16.8. The summed E-state index contributed by atoms with van der Waals surface area (Å²) in [6.07, 6.45) is 7.01. The number of anilines is 2. The molecule has 29 heavy (non-hydrogen) atoms. The Bertz CT molecular complexity index is 1000. The fourth-order valence-corrected chi connectivity index (χ4v) is 2.71. The maximum atomic E-state index is 5.92. The smallest absolute Gasteiger partial charge is 0.163 e. The monoisotopic (exact) mass is 392 g/mol. The van der Waals surface area contributed by atoms with E-state index in [1.165, 1.54) is 6.33 Å². The molecule has 0 radical (unpaired) electrons. The molecule has 0 atom stereocenters. The number of ether oxygens (including phenoxy) is 3. The molecule has 0 aliphatic rings. The van der Waals surface area contributed by atoms with Crippen molar-refractivity contribution < 1.29 is 14.2 Å². The van der Waals surface area contributed by atoms with Crippen molar-refractivity contribution in [2.75, 3.05) is 45.8 Å². The van der Waals surface area contributed by atoms with Crippen LogP contribution in [0.3, 0.4) is 0 Å². The Morgan fingerprint density at radius 2 is 1.86 bits per heavy atom. The van der Waals surface area contributed by atoms with Crippen molar-refractivity contribution in [3.63, 3.8) is 0 Å². The molecule has 0 bridgehead atoms. The number of likely N-dealkylation sites (N-methyl/N-ethyl adjacent to an activating group) is 1. The van der Waals surface area contributed by atoms with Crippen LogP contribution in [0.25, 0.3) is 10.9 Å². The highest BCUT2D eigenvalue weighted by Crippen LogP contribution is 2.35. The van der Waals surface area contributed by atoms with E-state index in [9.17, 15) is 0 Å². The number of methoxy groups -OCH3 is 1. The van der Waals surface area contributed by atoms with Gasteiger partial charge in [0, 0.05) is 36.4 Å². The van der Waals surface area contributed by atoms with Gasteiger partial charge in [-0.25, -0.2) is 9.97 Å². The minimum absolute atomic E-state index is 0.416. The fourth-order valence-electron chi connectivity index (χ4n) is 2.71. The van der Waals surface area contributed by atoms with E-state index in [0.29, 0.717) is 43.7 Å². The van der Waals surface area contributed by atoms with Crippen molar-refractivity contribution >= 4 is 22.4 Å². The first-order valence-electron chi connectivity index (χ1n) is 9.26. The molecule has 2 N–H and O–H groups in total. The van der Waals surface area contributed by atoms with Crippen molar-refractivity contribution in [2.45, 2.75) is 0 Å². The Labute approximate surface area is 170 Å². The van der Waals surface area contributed by atoms with Crippen molar-refractivity contribution in [3.8, 4) is 23.8 Å². The van der Waals surface area contributed by atoms with Crippen LogP contribution in [0, 0.1) is 12.3 Å². The van der Waals surface area contributed by atoms with Gasteiger partial charge in [0.2, 0.25) is 0 Å². The van der Waals surface area contributed by atoms with E-state index in [2.05, 4.69) is 26.5 Å². The summed E-state index contributed by atoms with van der Waals surface area (Å²) in [6, 6.07) is 11.3. The lowest BCUT2D eigenvalue weighted by molar-refractivity contribution is 0.143. The molecule has 3 rings (SSSR count). The number of hydrogen-bond acceptors (Lipinski definition) is 7. The average Bonchev–Trinajstić information content (AvgIpc) is 2.75. The van der Waals surface area contributed by atoms with Crippen LogP contribution < -0.4 is 20.1 Å². The summed E-state index contributed by atoms with van der Waals surface area (Å²) in [5.74, 6) is 4.53. The van der Waals surface area contributed by atoms with Gasteiger partial charge >= 0.3 is 0 Å². The Morgan fingerprint density at radius 1 is 1.03 bits per heavy atom. The lowest BCUT2D eigenvalue weighted by Crippen LogP contribution is -2.16. The van der Waals surface area contributed by atoms with Crippen LogP contribution in [0.4, 0.5) is 11.5 Å². The van der Waals surface area contributed by atoms with Gasteiger partial charge in [0.25, 0.3) is 0 Å². The molecule has 0 unspecified atom stereocenters. The van der Waals surface area contributed by atoms with Crippen LogP contribution >= 0.6 is 0 Å². The van der Waals surface area contributed by atoms with Gasteiger partial charge in [0.05, 0.1) is 12.1 Å². The van der Waals surface area contributed by atoms with Crippen molar-refractivity contribution in [3.05, 3.63) is 48.3 Å². The van der Waals surface area contributed by atoms with Gasteiger partial charge in [-0.05, 0) is 31.3 Å². The number of hydrogen-bond donors (Lipinski definition) is 2. The summed E-state index contributed by atoms with van der Waals surface area (Å²) in [4.78, 5) is 8.78. The molecule has 7 nitrogen and oxygen atoms in total. The zero-order valence-electron chi connectivity index (χ0n) is 16.6. The first-order chi connectivity index (χ1) is 14.2. The lowest BCUT2D eigenvalue weighted by Gasteiger charge is -2.15. The minimum atomic E-state index is 0.416. The van der Waals surface area contributed by atoms with Gasteiger partial charge in [-0.15, -0.1) is 6.42 Å². The third-order valence-electron chi connectivity index (χ3n) is 4.15. The third-order valence-corrected chi connectivity index (χ3v) is 4.15. The number of rotatable bonds is 10. The second-order valence-corrected chi connectivity index (χ2v) is 6.18. The summed E-state index contributed by atoms with van der Waals surface area (Å²) in [5, 5.41) is 7.19. The molecular formula is C22H24N4O3. The maximum absolute atomic E-state index is 5.92. The summed E-state index contributed by atoms with van der Waals surface area (Å²) in [6.45, 7) is 2.11. The molecule has 1 aromatic heterocycles. The summed E-state index contributed by atoms with van der Waals surface area (Å²) in [5.41, 5.74) is 2.38. The van der Waals surface area contributed by atoms with Crippen LogP contribution in [0.15, 0.2) is 42.7 Å². The zero-order valence-corrected chi connectivity index (χ0v) is 16.6. The largest absolute Gasteiger partial charge is 0.488 e. The second-order valence-electron chi connectivity index (χ2n) is 6.18. The van der Waals surface area contributed by atoms with Crippen LogP contribution in [-0.4, -0.2) is 50.5 Å². The topological polar surface area (TPSA) is 77.5 Å². The highest BCUT2D eigenvalue weighted by molar-refractivity contribution is 5.93. The molecule has 0 spiro atoms.